The predicted molar refractivity (Wildman–Crippen MR) is 54.9 cm³/mol. The van der Waals surface area contributed by atoms with Gasteiger partial charge < -0.3 is 9.84 Å². The van der Waals surface area contributed by atoms with Crippen molar-refractivity contribution in [3.63, 3.8) is 0 Å². The minimum atomic E-state index is 0.122. The summed E-state index contributed by atoms with van der Waals surface area (Å²) in [6.45, 7) is 4.76. The van der Waals surface area contributed by atoms with Crippen molar-refractivity contribution in [2.75, 3.05) is 20.3 Å². The maximum atomic E-state index is 7.94. The van der Waals surface area contributed by atoms with E-state index in [0.717, 1.165) is 0 Å². The number of aliphatic hydroxyl groups excluding tert-OH is 1. The van der Waals surface area contributed by atoms with Crippen molar-refractivity contribution in [2.45, 2.75) is 13.8 Å². The lowest BCUT2D eigenvalue weighted by molar-refractivity contribution is 0.135. The molecule has 0 fully saturated rings. The van der Waals surface area contributed by atoms with Gasteiger partial charge in [0.1, 0.15) is 0 Å². The van der Waals surface area contributed by atoms with Crippen LogP contribution < -0.4 is 0 Å². The zero-order chi connectivity index (χ0) is 10.1. The van der Waals surface area contributed by atoms with Crippen molar-refractivity contribution in [1.82, 2.24) is 0 Å². The van der Waals surface area contributed by atoms with Crippen LogP contribution in [-0.2, 0) is 4.74 Å². The smallest absolute Gasteiger partial charge is 0.0693 e. The summed E-state index contributed by atoms with van der Waals surface area (Å²) < 4.78 is 4.44. The highest BCUT2D eigenvalue weighted by molar-refractivity contribution is 5.19. The molecule has 0 saturated heterocycles. The number of rotatable bonds is 2. The first-order chi connectivity index (χ1) is 6.20. The molecule has 0 aliphatic heterocycles. The number of benzene rings is 1. The van der Waals surface area contributed by atoms with Crippen LogP contribution in [0.15, 0.2) is 24.3 Å². The molecule has 74 valence electrons. The number of hydrogen-bond donors (Lipinski definition) is 1. The van der Waals surface area contributed by atoms with Crippen molar-refractivity contribution < 1.29 is 9.84 Å². The average Bonchev–Trinajstić information content (AvgIpc) is 2.13. The lowest BCUT2D eigenvalue weighted by Crippen LogP contribution is -1.91. The Morgan fingerprint density at radius 3 is 1.62 bits per heavy atom. The Bertz CT molecular complexity index is 181. The van der Waals surface area contributed by atoms with E-state index >= 15 is 0 Å². The third-order valence-corrected chi connectivity index (χ3v) is 1.51. The quantitative estimate of drug-likeness (QED) is 0.757. The minimum Gasteiger partial charge on any atom is -0.394 e. The molecule has 1 N–H and O–H groups in total. The van der Waals surface area contributed by atoms with Gasteiger partial charge in [0, 0.05) is 7.11 Å². The van der Waals surface area contributed by atoms with E-state index in [9.17, 15) is 0 Å². The molecule has 0 spiro atoms. The Hall–Kier alpha value is -0.860. The number of ether oxygens (including phenoxy) is 1. The summed E-state index contributed by atoms with van der Waals surface area (Å²) in [6.07, 6.45) is 0. The molecule has 0 bridgehead atoms. The molecule has 2 nitrogen and oxygen atoms in total. The van der Waals surface area contributed by atoms with Crippen molar-refractivity contribution >= 4 is 0 Å². The molecule has 1 aromatic carbocycles. The van der Waals surface area contributed by atoms with Gasteiger partial charge in [0.15, 0.2) is 0 Å². The molecular formula is C11H18O2. The molecule has 1 rings (SSSR count). The lowest BCUT2D eigenvalue weighted by Gasteiger charge is -1.90. The fraction of sp³-hybridized carbons (Fsp3) is 0.455. The molecule has 0 aliphatic carbocycles. The van der Waals surface area contributed by atoms with Crippen LogP contribution >= 0.6 is 0 Å². The van der Waals surface area contributed by atoms with Gasteiger partial charge in [-0.2, -0.15) is 0 Å². The summed E-state index contributed by atoms with van der Waals surface area (Å²) in [6, 6.07) is 8.48. The first-order valence-corrected chi connectivity index (χ1v) is 4.33. The Kier molecular flexibility index (Phi) is 7.26. The third kappa shape index (κ3) is 7.50. The summed E-state index contributed by atoms with van der Waals surface area (Å²) in [5, 5.41) is 7.94. The summed E-state index contributed by atoms with van der Waals surface area (Å²) in [5.41, 5.74) is 2.66. The van der Waals surface area contributed by atoms with E-state index in [0.29, 0.717) is 6.61 Å². The highest BCUT2D eigenvalue weighted by Gasteiger charge is 1.79. The standard InChI is InChI=1S/C8H10.C3H8O2/c1-7-3-5-8(2)6-4-7;1-5-3-2-4/h3-6H,1-2H3;4H,2-3H2,1H3. The maximum absolute atomic E-state index is 7.94. The monoisotopic (exact) mass is 182 g/mol. The summed E-state index contributed by atoms with van der Waals surface area (Å²) >= 11 is 0. The van der Waals surface area contributed by atoms with Gasteiger partial charge >= 0.3 is 0 Å². The zero-order valence-electron chi connectivity index (χ0n) is 8.58. The number of methoxy groups -OCH3 is 1. The molecule has 0 aliphatic rings. The molecule has 0 unspecified atom stereocenters. The summed E-state index contributed by atoms with van der Waals surface area (Å²) in [5.74, 6) is 0. The van der Waals surface area contributed by atoms with E-state index in [4.69, 9.17) is 5.11 Å². The Morgan fingerprint density at radius 1 is 1.08 bits per heavy atom. The van der Waals surface area contributed by atoms with Gasteiger partial charge in [-0.1, -0.05) is 35.4 Å². The van der Waals surface area contributed by atoms with E-state index in [-0.39, 0.29) is 6.61 Å². The van der Waals surface area contributed by atoms with E-state index in [1.807, 2.05) is 0 Å². The van der Waals surface area contributed by atoms with E-state index in [1.165, 1.54) is 11.1 Å². The second kappa shape index (κ2) is 7.77. The minimum absolute atomic E-state index is 0.122. The molecule has 0 amide bonds. The second-order valence-electron chi connectivity index (χ2n) is 2.87. The van der Waals surface area contributed by atoms with Gasteiger partial charge in [-0.3, -0.25) is 0 Å². The van der Waals surface area contributed by atoms with Crippen LogP contribution in [0.4, 0.5) is 0 Å². The predicted octanol–water partition coefficient (Wildman–Crippen LogP) is 1.93. The summed E-state index contributed by atoms with van der Waals surface area (Å²) in [4.78, 5) is 0. The molecule has 1 aromatic rings. The molecule has 0 aromatic heterocycles. The normalized spacial score (nSPS) is 8.92. The van der Waals surface area contributed by atoms with Gasteiger partial charge in [0.05, 0.1) is 13.2 Å². The molecular weight excluding hydrogens is 164 g/mol. The van der Waals surface area contributed by atoms with Crippen molar-refractivity contribution in [2.24, 2.45) is 0 Å². The molecule has 0 saturated carbocycles. The molecule has 0 radical (unpaired) electrons. The average molecular weight is 182 g/mol. The van der Waals surface area contributed by atoms with E-state index in [2.05, 4.69) is 42.8 Å². The van der Waals surface area contributed by atoms with Gasteiger partial charge in [-0.25, -0.2) is 0 Å². The van der Waals surface area contributed by atoms with Gasteiger partial charge in [-0.15, -0.1) is 0 Å². The van der Waals surface area contributed by atoms with E-state index < -0.39 is 0 Å². The largest absolute Gasteiger partial charge is 0.394 e. The van der Waals surface area contributed by atoms with Crippen LogP contribution in [0.1, 0.15) is 11.1 Å². The molecule has 0 atom stereocenters. The van der Waals surface area contributed by atoms with E-state index in [1.54, 1.807) is 7.11 Å². The van der Waals surface area contributed by atoms with Crippen molar-refractivity contribution in [1.29, 1.82) is 0 Å². The van der Waals surface area contributed by atoms with Crippen molar-refractivity contribution in [3.8, 4) is 0 Å². The Labute approximate surface area is 80.2 Å². The van der Waals surface area contributed by atoms with Crippen LogP contribution in [0.2, 0.25) is 0 Å². The van der Waals surface area contributed by atoms with Crippen LogP contribution in [0.3, 0.4) is 0 Å². The van der Waals surface area contributed by atoms with Crippen LogP contribution in [0.25, 0.3) is 0 Å². The molecule has 13 heavy (non-hydrogen) atoms. The number of hydrogen-bond acceptors (Lipinski definition) is 2. The van der Waals surface area contributed by atoms with Gasteiger partial charge in [0.25, 0.3) is 0 Å². The van der Waals surface area contributed by atoms with Crippen LogP contribution in [0.5, 0.6) is 0 Å². The van der Waals surface area contributed by atoms with Crippen molar-refractivity contribution in [3.05, 3.63) is 35.4 Å². The third-order valence-electron chi connectivity index (χ3n) is 1.51. The molecule has 2 heteroatoms. The first kappa shape index (κ1) is 12.1. The van der Waals surface area contributed by atoms with Gasteiger partial charge in [0.2, 0.25) is 0 Å². The number of aliphatic hydroxyl groups is 1. The first-order valence-electron chi connectivity index (χ1n) is 4.33. The Balaban J connectivity index is 0.000000252. The second-order valence-corrected chi connectivity index (χ2v) is 2.87. The highest BCUT2D eigenvalue weighted by Crippen LogP contribution is 1.99. The SMILES string of the molecule is COCCO.Cc1ccc(C)cc1. The summed E-state index contributed by atoms with van der Waals surface area (Å²) in [7, 11) is 1.55. The number of aryl methyl sites for hydroxylation is 2. The topological polar surface area (TPSA) is 29.5 Å². The highest BCUT2D eigenvalue weighted by atomic mass is 16.5. The zero-order valence-corrected chi connectivity index (χ0v) is 8.58. The fourth-order valence-corrected chi connectivity index (χ4v) is 0.728. The lowest BCUT2D eigenvalue weighted by atomic mass is 10.2. The van der Waals surface area contributed by atoms with Crippen LogP contribution in [0, 0.1) is 13.8 Å². The molecule has 0 heterocycles. The van der Waals surface area contributed by atoms with Crippen LogP contribution in [-0.4, -0.2) is 25.4 Å². The Morgan fingerprint density at radius 2 is 1.46 bits per heavy atom. The fourth-order valence-electron chi connectivity index (χ4n) is 0.728. The van der Waals surface area contributed by atoms with Gasteiger partial charge in [-0.05, 0) is 13.8 Å². The maximum Gasteiger partial charge on any atom is 0.0693 e.